The predicted molar refractivity (Wildman–Crippen MR) is 73.3 cm³/mol. The van der Waals surface area contributed by atoms with Gasteiger partial charge < -0.3 is 15.0 Å². The maximum absolute atomic E-state index is 12.0. The lowest BCUT2D eigenvalue weighted by atomic mass is 9.86. The Balaban J connectivity index is 1.98. The van der Waals surface area contributed by atoms with Gasteiger partial charge in [0.2, 0.25) is 0 Å². The highest BCUT2D eigenvalue weighted by Gasteiger charge is 2.40. The lowest BCUT2D eigenvalue weighted by Gasteiger charge is -2.52. The van der Waals surface area contributed by atoms with E-state index in [-0.39, 0.29) is 24.5 Å². The molecule has 2 unspecified atom stereocenters. The van der Waals surface area contributed by atoms with E-state index in [0.717, 1.165) is 10.6 Å². The largest absolute Gasteiger partial charge is 0.785 e. The second-order valence-corrected chi connectivity index (χ2v) is 6.00. The third-order valence-corrected chi connectivity index (χ3v) is 3.21. The van der Waals surface area contributed by atoms with Gasteiger partial charge in [-0.25, -0.2) is 0 Å². The van der Waals surface area contributed by atoms with Crippen molar-refractivity contribution in [1.29, 1.82) is 0 Å². The van der Waals surface area contributed by atoms with Gasteiger partial charge in [-0.2, -0.15) is 0 Å². The maximum atomic E-state index is 12.0. The molecule has 0 aromatic heterocycles. The molecule has 0 bridgehead atoms. The van der Waals surface area contributed by atoms with E-state index in [1.807, 2.05) is 51.1 Å². The van der Waals surface area contributed by atoms with Crippen LogP contribution in [0.4, 0.5) is 0 Å². The summed E-state index contributed by atoms with van der Waals surface area (Å²) in [5.74, 6) is -0.572. The number of esters is 1. The lowest BCUT2D eigenvalue weighted by molar-refractivity contribution is -0.168. The van der Waals surface area contributed by atoms with Gasteiger partial charge in [0.1, 0.15) is 5.60 Å². The van der Waals surface area contributed by atoms with Crippen LogP contribution in [0.15, 0.2) is 30.3 Å². The van der Waals surface area contributed by atoms with Gasteiger partial charge in [0.25, 0.3) is 0 Å². The molecule has 2 rings (SSSR count). The maximum Gasteiger partial charge on any atom is 0.312 e. The molecule has 0 radical (unpaired) electrons. The molecule has 1 aromatic rings. The van der Waals surface area contributed by atoms with Crippen molar-refractivity contribution >= 4 is 5.97 Å². The predicted octanol–water partition coefficient (Wildman–Crippen LogP) is 2.37. The summed E-state index contributed by atoms with van der Waals surface area (Å²) < 4.78 is 5.35. The summed E-state index contributed by atoms with van der Waals surface area (Å²) in [7, 11) is 0. The molecule has 4 nitrogen and oxygen atoms in total. The fourth-order valence-corrected chi connectivity index (χ4v) is 2.22. The zero-order chi connectivity index (χ0) is 14.0. The topological polar surface area (TPSA) is 52.6 Å². The number of carbonyl (C=O) groups excluding carboxylic acids is 1. The number of carbonyl (C=O) groups is 1. The van der Waals surface area contributed by atoms with E-state index in [1.165, 1.54) is 0 Å². The normalized spacial score (nSPS) is 23.8. The van der Waals surface area contributed by atoms with Crippen molar-refractivity contribution in [3.8, 4) is 0 Å². The fraction of sp³-hybridized carbons (Fsp3) is 0.533. The third-order valence-electron chi connectivity index (χ3n) is 3.21. The minimum atomic E-state index is -0.502. The number of rotatable bonds is 3. The van der Waals surface area contributed by atoms with Gasteiger partial charge in [-0.05, 0) is 32.8 Å². The Hall–Kier alpha value is -1.39. The summed E-state index contributed by atoms with van der Waals surface area (Å²) in [4.78, 5) is 12.0. The summed E-state index contributed by atoms with van der Waals surface area (Å²) in [6.45, 7) is 5.76. The van der Waals surface area contributed by atoms with Crippen LogP contribution in [0.25, 0.3) is 0 Å². The lowest BCUT2D eigenvalue weighted by Crippen LogP contribution is -2.58. The molecule has 0 aliphatic carbocycles. The first kappa shape index (κ1) is 14.0. The van der Waals surface area contributed by atoms with E-state index in [4.69, 9.17) is 4.74 Å². The van der Waals surface area contributed by atoms with Gasteiger partial charge >= 0.3 is 5.97 Å². The van der Waals surface area contributed by atoms with Crippen molar-refractivity contribution in [2.75, 3.05) is 6.54 Å². The highest BCUT2D eigenvalue weighted by molar-refractivity contribution is 5.75. The van der Waals surface area contributed by atoms with Crippen LogP contribution in [0.1, 0.15) is 26.3 Å². The van der Waals surface area contributed by atoms with Crippen LogP contribution in [0.2, 0.25) is 0 Å². The van der Waals surface area contributed by atoms with E-state index in [1.54, 1.807) is 0 Å². The van der Waals surface area contributed by atoms with Crippen molar-refractivity contribution in [1.82, 2.24) is 5.06 Å². The van der Waals surface area contributed by atoms with Gasteiger partial charge in [0.15, 0.2) is 0 Å². The molecule has 1 aromatic carbocycles. The molecule has 0 saturated carbocycles. The Morgan fingerprint density at radius 1 is 1.37 bits per heavy atom. The molecule has 104 valence electrons. The van der Waals surface area contributed by atoms with Crippen LogP contribution in [0.5, 0.6) is 0 Å². The quantitative estimate of drug-likeness (QED) is 0.785. The first-order chi connectivity index (χ1) is 8.87. The van der Waals surface area contributed by atoms with Crippen molar-refractivity contribution < 1.29 is 9.53 Å². The Morgan fingerprint density at radius 3 is 2.53 bits per heavy atom. The highest BCUT2D eigenvalue weighted by atomic mass is 16.6. The number of hydroxylamine groups is 2. The molecule has 4 heteroatoms. The molecule has 1 saturated heterocycles. The summed E-state index contributed by atoms with van der Waals surface area (Å²) in [6, 6.07) is 9.45. The molecular weight excluding hydrogens is 242 g/mol. The second-order valence-electron chi connectivity index (χ2n) is 6.00. The zero-order valence-corrected chi connectivity index (χ0v) is 11.6. The molecule has 1 aliphatic heterocycles. The van der Waals surface area contributed by atoms with E-state index in [0.29, 0.717) is 6.42 Å². The third kappa shape index (κ3) is 3.55. The Labute approximate surface area is 113 Å². The first-order valence-electron chi connectivity index (χ1n) is 6.57. The van der Waals surface area contributed by atoms with Crippen LogP contribution >= 0.6 is 0 Å². The molecule has 1 heterocycles. The standard InChI is InChI=1S/C15H20NO3/c1-15(2,3)19-14(17)12-10-16(18)13(12)9-11-7-5-4-6-8-11/h4-8,12-13H,9-10H2,1-3H3/q-1. The molecule has 1 aliphatic rings. The minimum absolute atomic E-state index is 0.242. The molecule has 1 fully saturated rings. The Bertz CT molecular complexity index is 438. The number of hydrogen-bond donors (Lipinski definition) is 0. The molecular formula is C15H20NO3-. The molecule has 0 spiro atoms. The number of ether oxygens (including phenoxy) is 1. The van der Waals surface area contributed by atoms with Crippen molar-refractivity contribution in [2.45, 2.75) is 38.8 Å². The Kier molecular flexibility index (Phi) is 3.92. The van der Waals surface area contributed by atoms with Crippen LogP contribution < -0.4 is 0 Å². The van der Waals surface area contributed by atoms with Gasteiger partial charge in [-0.3, -0.25) is 4.79 Å². The highest BCUT2D eigenvalue weighted by Crippen LogP contribution is 2.29. The Morgan fingerprint density at radius 2 is 2.00 bits per heavy atom. The second kappa shape index (κ2) is 5.31. The van der Waals surface area contributed by atoms with Gasteiger partial charge in [-0.1, -0.05) is 30.3 Å². The zero-order valence-electron chi connectivity index (χ0n) is 11.6. The molecule has 19 heavy (non-hydrogen) atoms. The SMILES string of the molecule is CC(C)(C)OC(=O)C1CN([O-])C1Cc1ccccc1. The summed E-state index contributed by atoms with van der Waals surface area (Å²) >= 11 is 0. The van der Waals surface area contributed by atoms with Crippen LogP contribution in [0, 0.1) is 11.1 Å². The van der Waals surface area contributed by atoms with Crippen LogP contribution in [0.3, 0.4) is 0 Å². The van der Waals surface area contributed by atoms with Crippen LogP contribution in [-0.2, 0) is 16.0 Å². The van der Waals surface area contributed by atoms with E-state index >= 15 is 0 Å². The van der Waals surface area contributed by atoms with E-state index < -0.39 is 5.60 Å². The van der Waals surface area contributed by atoms with Crippen molar-refractivity contribution in [3.05, 3.63) is 41.1 Å². The van der Waals surface area contributed by atoms with Gasteiger partial charge in [0, 0.05) is 12.6 Å². The number of hydrogen-bond acceptors (Lipinski definition) is 4. The van der Waals surface area contributed by atoms with Crippen molar-refractivity contribution in [2.24, 2.45) is 5.92 Å². The summed E-state index contributed by atoms with van der Waals surface area (Å²) in [5.41, 5.74) is 0.569. The minimum Gasteiger partial charge on any atom is -0.785 e. The summed E-state index contributed by atoms with van der Waals surface area (Å²) in [5, 5.41) is 12.6. The van der Waals surface area contributed by atoms with E-state index in [2.05, 4.69) is 0 Å². The number of nitrogens with zero attached hydrogens (tertiary/aromatic N) is 1. The first-order valence-corrected chi connectivity index (χ1v) is 6.57. The van der Waals surface area contributed by atoms with Crippen molar-refractivity contribution in [3.63, 3.8) is 0 Å². The van der Waals surface area contributed by atoms with Gasteiger partial charge in [0.05, 0.1) is 5.92 Å². The van der Waals surface area contributed by atoms with E-state index in [9.17, 15) is 10.0 Å². The molecule has 0 N–H and O–H groups in total. The van der Waals surface area contributed by atoms with Crippen LogP contribution in [-0.4, -0.2) is 29.2 Å². The van der Waals surface area contributed by atoms with Gasteiger partial charge in [-0.15, -0.1) is 0 Å². The average Bonchev–Trinajstić information content (AvgIpc) is 2.32. The summed E-state index contributed by atoms with van der Waals surface area (Å²) in [6.07, 6.45) is 0.592. The smallest absolute Gasteiger partial charge is 0.312 e. The monoisotopic (exact) mass is 262 g/mol. The fourth-order valence-electron chi connectivity index (χ4n) is 2.22. The molecule has 2 atom stereocenters. The number of benzene rings is 1. The molecule has 0 amide bonds. The average molecular weight is 262 g/mol.